The molecule has 0 bridgehead atoms. The van der Waals surface area contributed by atoms with Gasteiger partial charge in [0.1, 0.15) is 0 Å². The van der Waals surface area contributed by atoms with Crippen molar-refractivity contribution in [2.45, 2.75) is 45.6 Å². The summed E-state index contributed by atoms with van der Waals surface area (Å²) in [5.74, 6) is 0. The van der Waals surface area contributed by atoms with Crippen LogP contribution in [0.25, 0.3) is 0 Å². The zero-order valence-corrected chi connectivity index (χ0v) is 15.7. The number of aromatic nitrogens is 2. The Morgan fingerprint density at radius 3 is 3.00 bits per heavy atom. The van der Waals surface area contributed by atoms with Gasteiger partial charge in [0.25, 0.3) is 0 Å². The van der Waals surface area contributed by atoms with Crippen LogP contribution < -0.4 is 9.80 Å². The van der Waals surface area contributed by atoms with E-state index in [2.05, 4.69) is 33.9 Å². The first-order chi connectivity index (χ1) is 12.7. The van der Waals surface area contributed by atoms with Crippen molar-refractivity contribution in [1.82, 2.24) is 9.97 Å². The summed E-state index contributed by atoms with van der Waals surface area (Å²) < 4.78 is 5.40. The van der Waals surface area contributed by atoms with E-state index in [1.807, 2.05) is 12.3 Å². The third-order valence-electron chi connectivity index (χ3n) is 4.86. The van der Waals surface area contributed by atoms with Crippen LogP contribution >= 0.6 is 0 Å². The Morgan fingerprint density at radius 1 is 1.35 bits per heavy atom. The summed E-state index contributed by atoms with van der Waals surface area (Å²) in [5.41, 5.74) is 4.44. The van der Waals surface area contributed by atoms with E-state index in [1.165, 1.54) is 24.1 Å². The van der Waals surface area contributed by atoms with Crippen LogP contribution in [-0.4, -0.2) is 36.3 Å². The van der Waals surface area contributed by atoms with E-state index >= 15 is 0 Å². The summed E-state index contributed by atoms with van der Waals surface area (Å²) in [6.45, 7) is 4.43. The summed E-state index contributed by atoms with van der Waals surface area (Å²) in [6.07, 6.45) is 8.68. The molecule has 0 saturated heterocycles. The maximum atomic E-state index is 12.3. The lowest BCUT2D eigenvalue weighted by atomic mass is 10.1. The zero-order chi connectivity index (χ0) is 18.4. The minimum absolute atomic E-state index is 0.292. The molecule has 2 heterocycles. The highest BCUT2D eigenvalue weighted by molar-refractivity contribution is 5.88. The van der Waals surface area contributed by atoms with E-state index in [0.717, 1.165) is 43.7 Å². The second-order valence-electron chi connectivity index (χ2n) is 6.80. The number of aromatic amines is 1. The molecule has 3 rings (SSSR count). The topological polar surface area (TPSA) is 61.5 Å². The molecule has 1 aliphatic rings. The van der Waals surface area contributed by atoms with Crippen molar-refractivity contribution < 1.29 is 9.53 Å². The van der Waals surface area contributed by atoms with Crippen molar-refractivity contribution in [3.05, 3.63) is 42.0 Å². The maximum absolute atomic E-state index is 12.3. The molecule has 1 N–H and O–H groups in total. The molecule has 1 amide bonds. The van der Waals surface area contributed by atoms with Crippen molar-refractivity contribution in [1.29, 1.82) is 0 Å². The van der Waals surface area contributed by atoms with E-state index in [9.17, 15) is 4.79 Å². The van der Waals surface area contributed by atoms with Crippen LogP contribution in [0.3, 0.4) is 0 Å². The fourth-order valence-corrected chi connectivity index (χ4v) is 3.27. The first kappa shape index (κ1) is 18.3. The molecule has 0 radical (unpaired) electrons. The van der Waals surface area contributed by atoms with Crippen LogP contribution in [-0.2, 0) is 17.7 Å². The highest BCUT2D eigenvalue weighted by Crippen LogP contribution is 2.33. The van der Waals surface area contributed by atoms with Crippen LogP contribution in [0.2, 0.25) is 0 Å². The SMILES string of the molecule is CCCCCCOC(=O)N(C)c1ccc2c(c1)N(Cc1cnc[nH]1)CC2. The number of carbonyl (C=O) groups is 1. The number of carbonyl (C=O) groups excluding carboxylic acids is 1. The fraction of sp³-hybridized carbons (Fsp3) is 0.500. The van der Waals surface area contributed by atoms with Gasteiger partial charge in [-0.25, -0.2) is 9.78 Å². The van der Waals surface area contributed by atoms with E-state index < -0.39 is 0 Å². The van der Waals surface area contributed by atoms with E-state index in [4.69, 9.17) is 4.74 Å². The lowest BCUT2D eigenvalue weighted by Crippen LogP contribution is -2.27. The summed E-state index contributed by atoms with van der Waals surface area (Å²) in [4.78, 5) is 23.4. The van der Waals surface area contributed by atoms with Crippen molar-refractivity contribution in [3.63, 3.8) is 0 Å². The van der Waals surface area contributed by atoms with Gasteiger partial charge in [-0.2, -0.15) is 0 Å². The second-order valence-corrected chi connectivity index (χ2v) is 6.80. The monoisotopic (exact) mass is 356 g/mol. The molecular formula is C20H28N4O2. The minimum Gasteiger partial charge on any atom is -0.449 e. The van der Waals surface area contributed by atoms with Gasteiger partial charge in [-0.3, -0.25) is 4.90 Å². The number of rotatable bonds is 8. The van der Waals surface area contributed by atoms with Gasteiger partial charge < -0.3 is 14.6 Å². The number of anilines is 2. The Bertz CT molecular complexity index is 715. The third-order valence-corrected chi connectivity index (χ3v) is 4.86. The number of fused-ring (bicyclic) bond motifs is 1. The molecule has 0 aliphatic carbocycles. The molecule has 26 heavy (non-hydrogen) atoms. The third kappa shape index (κ3) is 4.36. The summed E-state index contributed by atoms with van der Waals surface area (Å²) in [7, 11) is 1.77. The van der Waals surface area contributed by atoms with Gasteiger partial charge in [0, 0.05) is 31.2 Å². The normalized spacial score (nSPS) is 12.9. The van der Waals surface area contributed by atoms with Gasteiger partial charge in [0.05, 0.1) is 25.2 Å². The largest absolute Gasteiger partial charge is 0.449 e. The predicted molar refractivity (Wildman–Crippen MR) is 104 cm³/mol. The molecule has 0 fully saturated rings. The molecule has 0 saturated carbocycles. The number of nitrogens with one attached hydrogen (secondary N) is 1. The summed E-state index contributed by atoms with van der Waals surface area (Å²) in [5, 5.41) is 0. The van der Waals surface area contributed by atoms with Crippen LogP contribution in [0, 0.1) is 0 Å². The lowest BCUT2D eigenvalue weighted by molar-refractivity contribution is 0.152. The van der Waals surface area contributed by atoms with Crippen molar-refractivity contribution in [2.75, 3.05) is 30.0 Å². The molecule has 6 heteroatoms. The first-order valence-electron chi connectivity index (χ1n) is 9.44. The molecule has 6 nitrogen and oxygen atoms in total. The number of hydrogen-bond donors (Lipinski definition) is 1. The van der Waals surface area contributed by atoms with Crippen molar-refractivity contribution >= 4 is 17.5 Å². The average Bonchev–Trinajstić information content (AvgIpc) is 3.31. The Balaban J connectivity index is 1.61. The Labute approximate surface area is 155 Å². The molecule has 1 aromatic heterocycles. The Hall–Kier alpha value is -2.50. The van der Waals surface area contributed by atoms with Gasteiger partial charge in [-0.15, -0.1) is 0 Å². The molecule has 1 aromatic carbocycles. The number of nitrogens with zero attached hydrogens (tertiary/aromatic N) is 3. The van der Waals surface area contributed by atoms with Crippen molar-refractivity contribution in [2.24, 2.45) is 0 Å². The maximum Gasteiger partial charge on any atom is 0.414 e. The lowest BCUT2D eigenvalue weighted by Gasteiger charge is -2.22. The average molecular weight is 356 g/mol. The fourth-order valence-electron chi connectivity index (χ4n) is 3.27. The molecule has 0 atom stereocenters. The minimum atomic E-state index is -0.292. The second kappa shape index (κ2) is 8.74. The van der Waals surface area contributed by atoms with Gasteiger partial charge in [0.2, 0.25) is 0 Å². The number of hydrogen-bond acceptors (Lipinski definition) is 4. The highest BCUT2D eigenvalue weighted by atomic mass is 16.6. The zero-order valence-electron chi connectivity index (χ0n) is 15.7. The van der Waals surface area contributed by atoms with Gasteiger partial charge in [0.15, 0.2) is 0 Å². The Morgan fingerprint density at radius 2 is 2.23 bits per heavy atom. The molecule has 1 aliphatic heterocycles. The molecule has 2 aromatic rings. The van der Waals surface area contributed by atoms with Crippen LogP contribution in [0.5, 0.6) is 0 Å². The number of unbranched alkanes of at least 4 members (excludes halogenated alkanes) is 3. The predicted octanol–water partition coefficient (Wildman–Crippen LogP) is 4.13. The van der Waals surface area contributed by atoms with Crippen LogP contribution in [0.4, 0.5) is 16.2 Å². The van der Waals surface area contributed by atoms with E-state index in [1.54, 1.807) is 18.3 Å². The molecule has 0 spiro atoms. The number of imidazole rings is 1. The van der Waals surface area contributed by atoms with E-state index in [-0.39, 0.29) is 6.09 Å². The standard InChI is InChI=1S/C20H28N4O2/c1-3-4-5-6-11-26-20(25)23(2)18-8-7-16-9-10-24(19(16)12-18)14-17-13-21-15-22-17/h7-8,12-13,15H,3-6,9-11,14H2,1-2H3,(H,21,22). The Kier molecular flexibility index (Phi) is 6.15. The number of ether oxygens (including phenoxy) is 1. The molecular weight excluding hydrogens is 328 g/mol. The van der Waals surface area contributed by atoms with Crippen molar-refractivity contribution in [3.8, 4) is 0 Å². The first-order valence-corrected chi connectivity index (χ1v) is 9.44. The summed E-state index contributed by atoms with van der Waals surface area (Å²) >= 11 is 0. The smallest absolute Gasteiger partial charge is 0.414 e. The number of amides is 1. The van der Waals surface area contributed by atoms with E-state index in [0.29, 0.717) is 6.61 Å². The van der Waals surface area contributed by atoms with Crippen LogP contribution in [0.1, 0.15) is 43.9 Å². The van der Waals surface area contributed by atoms with Gasteiger partial charge in [-0.05, 0) is 30.5 Å². The number of benzene rings is 1. The van der Waals surface area contributed by atoms with Gasteiger partial charge in [-0.1, -0.05) is 32.3 Å². The highest BCUT2D eigenvalue weighted by Gasteiger charge is 2.22. The molecule has 0 unspecified atom stereocenters. The quantitative estimate of drug-likeness (QED) is 0.723. The summed E-state index contributed by atoms with van der Waals surface area (Å²) in [6, 6.07) is 6.19. The molecule has 140 valence electrons. The van der Waals surface area contributed by atoms with Gasteiger partial charge >= 0.3 is 6.09 Å². The van der Waals surface area contributed by atoms with Crippen LogP contribution in [0.15, 0.2) is 30.7 Å². The number of H-pyrrole nitrogens is 1.